The summed E-state index contributed by atoms with van der Waals surface area (Å²) in [6, 6.07) is 7.95. The van der Waals surface area contributed by atoms with Crippen molar-refractivity contribution in [1.82, 2.24) is 10.2 Å². The summed E-state index contributed by atoms with van der Waals surface area (Å²) in [5.41, 5.74) is 1.50. The maximum absolute atomic E-state index is 12.7. The van der Waals surface area contributed by atoms with E-state index in [2.05, 4.69) is 15.5 Å². The van der Waals surface area contributed by atoms with Gasteiger partial charge in [-0.15, -0.1) is 5.10 Å². The Labute approximate surface area is 134 Å². The van der Waals surface area contributed by atoms with Gasteiger partial charge in [0.2, 0.25) is 5.91 Å². The summed E-state index contributed by atoms with van der Waals surface area (Å²) in [4.78, 5) is 11.7. The van der Waals surface area contributed by atoms with Crippen LogP contribution >= 0.6 is 0 Å². The highest BCUT2D eigenvalue weighted by Crippen LogP contribution is 2.27. The summed E-state index contributed by atoms with van der Waals surface area (Å²) in [7, 11) is -2.30. The van der Waals surface area contributed by atoms with Crippen molar-refractivity contribution >= 4 is 27.4 Å². The molecule has 1 N–H and O–H groups in total. The zero-order valence-corrected chi connectivity index (χ0v) is 13.4. The van der Waals surface area contributed by atoms with E-state index in [4.69, 9.17) is 0 Å². The lowest BCUT2D eigenvalue weighted by molar-refractivity contribution is -0.116. The quantitative estimate of drug-likeness (QED) is 0.921. The van der Waals surface area contributed by atoms with Crippen molar-refractivity contribution in [3.8, 4) is 0 Å². The first-order valence-electron chi connectivity index (χ1n) is 7.18. The molecular weight excluding hydrogens is 316 g/mol. The van der Waals surface area contributed by atoms with E-state index in [-0.39, 0.29) is 16.6 Å². The second-order valence-corrected chi connectivity index (χ2v) is 7.24. The van der Waals surface area contributed by atoms with Crippen molar-refractivity contribution in [2.75, 3.05) is 16.7 Å². The molecule has 0 saturated heterocycles. The number of nitrogens with zero attached hydrogens (tertiary/aromatic N) is 3. The first kappa shape index (κ1) is 15.4. The van der Waals surface area contributed by atoms with Crippen molar-refractivity contribution in [3.05, 3.63) is 42.1 Å². The van der Waals surface area contributed by atoms with E-state index in [0.29, 0.717) is 24.9 Å². The molecule has 0 fully saturated rings. The van der Waals surface area contributed by atoms with Crippen LogP contribution in [-0.4, -0.2) is 31.6 Å². The third-order valence-corrected chi connectivity index (χ3v) is 5.50. The zero-order chi connectivity index (χ0) is 16.4. The molecule has 0 radical (unpaired) electrons. The molecule has 1 aliphatic heterocycles. The summed E-state index contributed by atoms with van der Waals surface area (Å²) >= 11 is 0. The van der Waals surface area contributed by atoms with Crippen molar-refractivity contribution in [2.45, 2.75) is 24.2 Å². The molecule has 2 heterocycles. The summed E-state index contributed by atoms with van der Waals surface area (Å²) in [5.74, 6) is 0.201. The van der Waals surface area contributed by atoms with Crippen LogP contribution in [0.5, 0.6) is 0 Å². The lowest BCUT2D eigenvalue weighted by atomic mass is 10.1. The minimum atomic E-state index is -3.73. The Bertz CT molecular complexity index is 837. The van der Waals surface area contributed by atoms with Crippen molar-refractivity contribution < 1.29 is 13.2 Å². The average molecular weight is 332 g/mol. The smallest absolute Gasteiger partial charge is 0.265 e. The first-order chi connectivity index (χ1) is 11.0. The molecule has 0 spiro atoms. The van der Waals surface area contributed by atoms with Crippen LogP contribution in [0.15, 0.2) is 41.4 Å². The number of carbonyl (C=O) groups excluding carboxylic acids is 1. The van der Waals surface area contributed by atoms with E-state index in [0.717, 1.165) is 9.87 Å². The second kappa shape index (κ2) is 5.96. The number of aryl methyl sites for hydroxylation is 1. The SMILES string of the molecule is CN(c1cccnn1)S(=O)(=O)c1ccc2c(c1)CCCC(=O)N2. The summed E-state index contributed by atoms with van der Waals surface area (Å²) in [6.45, 7) is 0. The highest BCUT2D eigenvalue weighted by atomic mass is 32.2. The standard InChI is InChI=1S/C15H16N4O3S/c1-19(14-5-3-9-16-18-14)23(21,22)12-7-8-13-11(10-12)4-2-6-15(20)17-13/h3,5,7-10H,2,4,6H2,1H3,(H,17,20). The van der Waals surface area contributed by atoms with Crippen molar-refractivity contribution in [3.63, 3.8) is 0 Å². The van der Waals surface area contributed by atoms with Gasteiger partial charge in [0.05, 0.1) is 4.90 Å². The Morgan fingerprint density at radius 1 is 1.22 bits per heavy atom. The number of anilines is 2. The fourth-order valence-corrected chi connectivity index (χ4v) is 3.65. The maximum Gasteiger partial charge on any atom is 0.265 e. The molecule has 1 aromatic carbocycles. The number of sulfonamides is 1. The normalized spacial score (nSPS) is 14.6. The summed E-state index contributed by atoms with van der Waals surface area (Å²) < 4.78 is 26.6. The Morgan fingerprint density at radius 2 is 2.04 bits per heavy atom. The molecule has 0 atom stereocenters. The molecule has 0 bridgehead atoms. The highest BCUT2D eigenvalue weighted by Gasteiger charge is 2.24. The number of amides is 1. The van der Waals surface area contributed by atoms with E-state index in [9.17, 15) is 13.2 Å². The number of hydrogen-bond donors (Lipinski definition) is 1. The van der Waals surface area contributed by atoms with Crippen LogP contribution in [0.25, 0.3) is 0 Å². The van der Waals surface area contributed by atoms with Crippen LogP contribution in [0.4, 0.5) is 11.5 Å². The number of hydrogen-bond acceptors (Lipinski definition) is 5. The predicted molar refractivity (Wildman–Crippen MR) is 85.6 cm³/mol. The van der Waals surface area contributed by atoms with E-state index in [1.165, 1.54) is 19.3 Å². The largest absolute Gasteiger partial charge is 0.326 e. The second-order valence-electron chi connectivity index (χ2n) is 5.28. The first-order valence-corrected chi connectivity index (χ1v) is 8.62. The topological polar surface area (TPSA) is 92.3 Å². The van der Waals surface area contributed by atoms with E-state index >= 15 is 0 Å². The van der Waals surface area contributed by atoms with Crippen molar-refractivity contribution in [1.29, 1.82) is 0 Å². The van der Waals surface area contributed by atoms with Gasteiger partial charge in [-0.2, -0.15) is 5.10 Å². The van der Waals surface area contributed by atoms with Gasteiger partial charge in [0.15, 0.2) is 5.82 Å². The van der Waals surface area contributed by atoms with Crippen LogP contribution in [-0.2, 0) is 21.2 Å². The molecule has 2 aromatic rings. The molecule has 120 valence electrons. The Hall–Kier alpha value is -2.48. The highest BCUT2D eigenvalue weighted by molar-refractivity contribution is 7.92. The van der Waals surface area contributed by atoms with Gasteiger partial charge in [0.25, 0.3) is 10.0 Å². The van der Waals surface area contributed by atoms with Crippen LogP contribution in [0.2, 0.25) is 0 Å². The number of carbonyl (C=O) groups is 1. The molecule has 8 heteroatoms. The lowest BCUT2D eigenvalue weighted by Gasteiger charge is -2.18. The van der Waals surface area contributed by atoms with Crippen molar-refractivity contribution in [2.24, 2.45) is 0 Å². The fourth-order valence-electron chi connectivity index (χ4n) is 2.45. The zero-order valence-electron chi connectivity index (χ0n) is 12.6. The minimum Gasteiger partial charge on any atom is -0.326 e. The Balaban J connectivity index is 1.98. The molecule has 23 heavy (non-hydrogen) atoms. The number of aromatic nitrogens is 2. The lowest BCUT2D eigenvalue weighted by Crippen LogP contribution is -2.27. The molecule has 1 amide bonds. The molecule has 0 saturated carbocycles. The fraction of sp³-hybridized carbons (Fsp3) is 0.267. The monoisotopic (exact) mass is 332 g/mol. The van der Waals surface area contributed by atoms with Crippen LogP contribution in [0.3, 0.4) is 0 Å². The third kappa shape index (κ3) is 3.02. The van der Waals surface area contributed by atoms with Gasteiger partial charge in [-0.25, -0.2) is 8.42 Å². The van der Waals surface area contributed by atoms with Crippen LogP contribution in [0.1, 0.15) is 18.4 Å². The van der Waals surface area contributed by atoms with E-state index < -0.39 is 10.0 Å². The average Bonchev–Trinajstić information content (AvgIpc) is 2.74. The van der Waals surface area contributed by atoms with Gasteiger partial charge in [-0.05, 0) is 48.7 Å². The molecule has 1 aliphatic rings. The van der Waals surface area contributed by atoms with Crippen LogP contribution in [0, 0.1) is 0 Å². The maximum atomic E-state index is 12.7. The van der Waals surface area contributed by atoms with Gasteiger partial charge in [0.1, 0.15) is 0 Å². The number of nitrogens with one attached hydrogen (secondary N) is 1. The van der Waals surface area contributed by atoms with Gasteiger partial charge < -0.3 is 5.32 Å². The molecular formula is C15H16N4O3S. The Kier molecular flexibility index (Phi) is 3.99. The predicted octanol–water partition coefficient (Wildman–Crippen LogP) is 1.58. The van der Waals surface area contributed by atoms with E-state index in [1.807, 2.05) is 0 Å². The van der Waals surface area contributed by atoms with Gasteiger partial charge in [-0.1, -0.05) is 0 Å². The molecule has 7 nitrogen and oxygen atoms in total. The van der Waals surface area contributed by atoms with E-state index in [1.54, 1.807) is 24.3 Å². The Morgan fingerprint density at radius 3 is 2.78 bits per heavy atom. The number of benzene rings is 1. The van der Waals surface area contributed by atoms with Gasteiger partial charge in [-0.3, -0.25) is 9.10 Å². The molecule has 0 unspecified atom stereocenters. The summed E-state index contributed by atoms with van der Waals surface area (Å²) in [5, 5.41) is 10.3. The number of rotatable bonds is 3. The molecule has 0 aliphatic carbocycles. The van der Waals surface area contributed by atoms with Crippen LogP contribution < -0.4 is 9.62 Å². The number of fused-ring (bicyclic) bond motifs is 1. The van der Waals surface area contributed by atoms with Gasteiger partial charge >= 0.3 is 0 Å². The molecule has 1 aromatic heterocycles. The van der Waals surface area contributed by atoms with Gasteiger partial charge in [0, 0.05) is 25.4 Å². The summed E-state index contributed by atoms with van der Waals surface area (Å²) in [6.07, 6.45) is 3.28. The molecule has 3 rings (SSSR count). The third-order valence-electron chi connectivity index (χ3n) is 3.74. The minimum absolute atomic E-state index is 0.0453.